The number of likely N-dealkylation sites (N-methyl/N-ethyl adjacent to an activating group) is 1. The summed E-state index contributed by atoms with van der Waals surface area (Å²) in [5, 5.41) is 0. The Morgan fingerprint density at radius 3 is 2.50 bits per heavy atom. The summed E-state index contributed by atoms with van der Waals surface area (Å²) in [6, 6.07) is 5.62. The van der Waals surface area contributed by atoms with Crippen molar-refractivity contribution in [3.8, 4) is 0 Å². The number of Topliss-reactive ketones (excluding diaryl/α,β-unsaturated/α-hetero) is 1. The number of nitrogens with zero attached hydrogens (tertiary/aromatic N) is 1. The van der Waals surface area contributed by atoms with E-state index in [-0.39, 0.29) is 17.7 Å². The molecule has 0 bridgehead atoms. The van der Waals surface area contributed by atoms with Crippen molar-refractivity contribution < 1.29 is 13.9 Å². The summed E-state index contributed by atoms with van der Waals surface area (Å²) in [5.41, 5.74) is 0.535. The zero-order valence-corrected chi connectivity index (χ0v) is 11.1. The van der Waals surface area contributed by atoms with Crippen LogP contribution in [0, 0.1) is 5.82 Å². The average Bonchev–Trinajstić information content (AvgIpc) is 2.29. The molecule has 18 heavy (non-hydrogen) atoms. The van der Waals surface area contributed by atoms with Gasteiger partial charge in [-0.2, -0.15) is 0 Å². The first-order valence-electron chi connectivity index (χ1n) is 6.08. The summed E-state index contributed by atoms with van der Waals surface area (Å²) in [6.07, 6.45) is 0.200. The number of hydrogen-bond acceptors (Lipinski definition) is 3. The van der Waals surface area contributed by atoms with E-state index in [4.69, 9.17) is 4.74 Å². The van der Waals surface area contributed by atoms with Crippen LogP contribution in [0.2, 0.25) is 0 Å². The fourth-order valence-electron chi connectivity index (χ4n) is 1.50. The van der Waals surface area contributed by atoms with Crippen LogP contribution in [0.4, 0.5) is 4.39 Å². The van der Waals surface area contributed by atoms with Crippen LogP contribution in [-0.2, 0) is 4.74 Å². The van der Waals surface area contributed by atoms with E-state index in [9.17, 15) is 9.18 Å². The second-order valence-electron chi connectivity index (χ2n) is 4.59. The van der Waals surface area contributed by atoms with E-state index in [1.165, 1.54) is 24.3 Å². The molecule has 100 valence electrons. The normalized spacial score (nSPS) is 11.2. The summed E-state index contributed by atoms with van der Waals surface area (Å²) < 4.78 is 18.1. The lowest BCUT2D eigenvalue weighted by Crippen LogP contribution is -2.29. The third-order valence-electron chi connectivity index (χ3n) is 2.50. The number of ether oxygens (including phenoxy) is 1. The van der Waals surface area contributed by atoms with Gasteiger partial charge < -0.3 is 4.74 Å². The Labute approximate surface area is 108 Å². The number of benzene rings is 1. The maximum Gasteiger partial charge on any atom is 0.176 e. The van der Waals surface area contributed by atoms with Crippen LogP contribution in [0.15, 0.2) is 24.3 Å². The molecule has 0 unspecified atom stereocenters. The molecule has 1 aromatic rings. The molecule has 0 aliphatic rings. The lowest BCUT2D eigenvalue weighted by molar-refractivity contribution is 0.0619. The zero-order valence-electron chi connectivity index (χ0n) is 11.1. The second-order valence-corrected chi connectivity index (χ2v) is 4.59. The van der Waals surface area contributed by atoms with Crippen LogP contribution in [0.3, 0.4) is 0 Å². The Balaban J connectivity index is 2.37. The van der Waals surface area contributed by atoms with E-state index >= 15 is 0 Å². The van der Waals surface area contributed by atoms with Gasteiger partial charge in [-0.3, -0.25) is 9.69 Å². The highest BCUT2D eigenvalue weighted by Gasteiger charge is 2.09. The molecule has 0 aromatic heterocycles. The molecule has 1 rings (SSSR count). The molecule has 0 saturated heterocycles. The summed E-state index contributed by atoms with van der Waals surface area (Å²) >= 11 is 0. The molecule has 0 aliphatic carbocycles. The van der Waals surface area contributed by atoms with E-state index in [0.29, 0.717) is 25.3 Å². The number of rotatable bonds is 7. The highest BCUT2D eigenvalue weighted by molar-refractivity contribution is 5.97. The Morgan fingerprint density at radius 1 is 1.33 bits per heavy atom. The van der Waals surface area contributed by atoms with Crippen LogP contribution in [0.1, 0.15) is 24.2 Å². The SMILES string of the molecule is CC(C)OCCN(C)CC(=O)c1ccc(F)cc1. The molecule has 1 aromatic carbocycles. The topological polar surface area (TPSA) is 29.5 Å². The van der Waals surface area contributed by atoms with Crippen molar-refractivity contribution in [1.29, 1.82) is 0 Å². The molecule has 4 heteroatoms. The highest BCUT2D eigenvalue weighted by atomic mass is 19.1. The Bertz CT molecular complexity index is 376. The van der Waals surface area contributed by atoms with Gasteiger partial charge in [0.25, 0.3) is 0 Å². The van der Waals surface area contributed by atoms with Crippen molar-refractivity contribution >= 4 is 5.78 Å². The fourth-order valence-corrected chi connectivity index (χ4v) is 1.50. The third kappa shape index (κ3) is 5.38. The van der Waals surface area contributed by atoms with Crippen molar-refractivity contribution in [2.24, 2.45) is 0 Å². The summed E-state index contributed by atoms with van der Waals surface area (Å²) in [7, 11) is 1.87. The van der Waals surface area contributed by atoms with Crippen LogP contribution >= 0.6 is 0 Å². The molecule has 0 radical (unpaired) electrons. The standard InChI is InChI=1S/C14H20FNO2/c1-11(2)18-9-8-16(3)10-14(17)12-4-6-13(15)7-5-12/h4-7,11H,8-10H2,1-3H3. The van der Waals surface area contributed by atoms with Crippen molar-refractivity contribution in [1.82, 2.24) is 4.90 Å². The second kappa shape index (κ2) is 7.24. The number of carbonyl (C=O) groups is 1. The van der Waals surface area contributed by atoms with Gasteiger partial charge in [0.15, 0.2) is 5.78 Å². The molecule has 0 N–H and O–H groups in total. The van der Waals surface area contributed by atoms with Crippen molar-refractivity contribution in [2.45, 2.75) is 20.0 Å². The van der Waals surface area contributed by atoms with Crippen LogP contribution in [-0.4, -0.2) is 43.5 Å². The first-order valence-corrected chi connectivity index (χ1v) is 6.08. The number of carbonyl (C=O) groups excluding carboxylic acids is 1. The van der Waals surface area contributed by atoms with Gasteiger partial charge in [-0.1, -0.05) is 0 Å². The minimum Gasteiger partial charge on any atom is -0.377 e. The molecular weight excluding hydrogens is 233 g/mol. The van der Waals surface area contributed by atoms with E-state index < -0.39 is 0 Å². The van der Waals surface area contributed by atoms with Gasteiger partial charge in [0.1, 0.15) is 5.82 Å². The maximum absolute atomic E-state index is 12.7. The van der Waals surface area contributed by atoms with Crippen LogP contribution in [0.25, 0.3) is 0 Å². The van der Waals surface area contributed by atoms with Crippen LogP contribution < -0.4 is 0 Å². The largest absolute Gasteiger partial charge is 0.377 e. The lowest BCUT2D eigenvalue weighted by Gasteiger charge is -2.16. The molecule has 0 atom stereocenters. The van der Waals surface area contributed by atoms with Gasteiger partial charge in [0.05, 0.1) is 19.3 Å². The number of halogens is 1. The number of ketones is 1. The maximum atomic E-state index is 12.7. The quantitative estimate of drug-likeness (QED) is 0.699. The minimum atomic E-state index is -0.328. The number of hydrogen-bond donors (Lipinski definition) is 0. The first-order chi connectivity index (χ1) is 8.49. The van der Waals surface area contributed by atoms with Crippen molar-refractivity contribution in [2.75, 3.05) is 26.7 Å². The molecule has 0 heterocycles. The van der Waals surface area contributed by atoms with Crippen molar-refractivity contribution in [3.63, 3.8) is 0 Å². The predicted octanol–water partition coefficient (Wildman–Crippen LogP) is 2.37. The summed E-state index contributed by atoms with van der Waals surface area (Å²) in [6.45, 7) is 5.57. The van der Waals surface area contributed by atoms with Crippen LogP contribution in [0.5, 0.6) is 0 Å². The monoisotopic (exact) mass is 253 g/mol. The smallest absolute Gasteiger partial charge is 0.176 e. The minimum absolute atomic E-state index is 0.0120. The average molecular weight is 253 g/mol. The van der Waals surface area contributed by atoms with E-state index in [1.807, 2.05) is 25.8 Å². The van der Waals surface area contributed by atoms with E-state index in [2.05, 4.69) is 0 Å². The van der Waals surface area contributed by atoms with Gasteiger partial charge in [0, 0.05) is 12.1 Å². The first kappa shape index (κ1) is 14.8. The van der Waals surface area contributed by atoms with Crippen molar-refractivity contribution in [3.05, 3.63) is 35.6 Å². The molecule has 0 saturated carbocycles. The predicted molar refractivity (Wildman–Crippen MR) is 69.3 cm³/mol. The summed E-state index contributed by atoms with van der Waals surface area (Å²) in [5.74, 6) is -0.340. The van der Waals surface area contributed by atoms with Gasteiger partial charge in [-0.05, 0) is 45.2 Å². The lowest BCUT2D eigenvalue weighted by atomic mass is 10.1. The molecule has 0 amide bonds. The fraction of sp³-hybridized carbons (Fsp3) is 0.500. The Hall–Kier alpha value is -1.26. The Morgan fingerprint density at radius 2 is 1.94 bits per heavy atom. The molecular formula is C14H20FNO2. The molecule has 0 fully saturated rings. The van der Waals surface area contributed by atoms with Gasteiger partial charge >= 0.3 is 0 Å². The van der Waals surface area contributed by atoms with E-state index in [0.717, 1.165) is 0 Å². The zero-order chi connectivity index (χ0) is 13.5. The van der Waals surface area contributed by atoms with Gasteiger partial charge in [-0.25, -0.2) is 4.39 Å². The molecule has 0 spiro atoms. The Kier molecular flexibility index (Phi) is 5.95. The van der Waals surface area contributed by atoms with Gasteiger partial charge in [-0.15, -0.1) is 0 Å². The molecule has 3 nitrogen and oxygen atoms in total. The van der Waals surface area contributed by atoms with E-state index in [1.54, 1.807) is 0 Å². The molecule has 0 aliphatic heterocycles. The summed E-state index contributed by atoms with van der Waals surface area (Å²) in [4.78, 5) is 13.8. The highest BCUT2D eigenvalue weighted by Crippen LogP contribution is 2.04. The third-order valence-corrected chi connectivity index (χ3v) is 2.50. The van der Waals surface area contributed by atoms with Gasteiger partial charge in [0.2, 0.25) is 0 Å².